The van der Waals surface area contributed by atoms with E-state index in [4.69, 9.17) is 16.3 Å². The molecule has 1 saturated heterocycles. The van der Waals surface area contributed by atoms with Gasteiger partial charge in [-0.3, -0.25) is 4.57 Å². The predicted molar refractivity (Wildman–Crippen MR) is 118 cm³/mol. The molecule has 1 fully saturated rings. The number of alkyl halides is 3. The molecule has 34 heavy (non-hydrogen) atoms. The van der Waals surface area contributed by atoms with Crippen molar-refractivity contribution < 1.29 is 27.4 Å². The maximum Gasteiger partial charge on any atom is 0.573 e. The van der Waals surface area contributed by atoms with Gasteiger partial charge in [0.25, 0.3) is 0 Å². The third-order valence-electron chi connectivity index (χ3n) is 4.91. The van der Waals surface area contributed by atoms with E-state index < -0.39 is 17.7 Å². The monoisotopic (exact) mass is 498 g/mol. The first kappa shape index (κ1) is 23.9. The number of benzene rings is 1. The third kappa shape index (κ3) is 5.44. The van der Waals surface area contributed by atoms with Crippen molar-refractivity contribution in [3.8, 4) is 11.4 Å². The number of piperazine rings is 1. The van der Waals surface area contributed by atoms with E-state index in [1.165, 1.54) is 18.5 Å². The second-order valence-electron chi connectivity index (χ2n) is 8.61. The lowest BCUT2D eigenvalue weighted by molar-refractivity contribution is -0.274. The fourth-order valence-electron chi connectivity index (χ4n) is 3.40. The molecular weight excluding hydrogens is 477 g/mol. The number of carbonyl (C=O) groups is 1. The standard InChI is InChI=1S/C21H22ClF3N6O3/c1-20(2,3)34-19(32)30-8-6-29(7-9-30)18-26-11-15-17(28-18)31(12-27-15)13-4-5-16(14(22)10-13)33-21(23,24)25/h4-5,10-12H,6-9H2,1-3H3. The van der Waals surface area contributed by atoms with Crippen molar-refractivity contribution in [3.63, 3.8) is 0 Å². The van der Waals surface area contributed by atoms with Gasteiger partial charge in [0.05, 0.1) is 16.9 Å². The molecule has 0 bridgehead atoms. The number of halogens is 4. The topological polar surface area (TPSA) is 85.6 Å². The van der Waals surface area contributed by atoms with Gasteiger partial charge in [0.2, 0.25) is 5.95 Å². The zero-order chi connectivity index (χ0) is 24.7. The van der Waals surface area contributed by atoms with E-state index in [9.17, 15) is 18.0 Å². The summed E-state index contributed by atoms with van der Waals surface area (Å²) < 4.78 is 48.5. The zero-order valence-corrected chi connectivity index (χ0v) is 19.4. The van der Waals surface area contributed by atoms with Gasteiger partial charge < -0.3 is 19.3 Å². The highest BCUT2D eigenvalue weighted by Gasteiger charge is 2.32. The van der Waals surface area contributed by atoms with Gasteiger partial charge in [0, 0.05) is 26.2 Å². The summed E-state index contributed by atoms with van der Waals surface area (Å²) in [4.78, 5) is 29.1. The third-order valence-corrected chi connectivity index (χ3v) is 5.21. The molecule has 0 spiro atoms. The first-order valence-electron chi connectivity index (χ1n) is 10.4. The number of aromatic nitrogens is 4. The van der Waals surface area contributed by atoms with Crippen LogP contribution in [0.25, 0.3) is 16.9 Å². The smallest absolute Gasteiger partial charge is 0.444 e. The number of amides is 1. The van der Waals surface area contributed by atoms with Gasteiger partial charge in [-0.05, 0) is 39.0 Å². The predicted octanol–water partition coefficient (Wildman–Crippen LogP) is 4.42. The summed E-state index contributed by atoms with van der Waals surface area (Å²) >= 11 is 5.99. The summed E-state index contributed by atoms with van der Waals surface area (Å²) in [6.07, 6.45) is -2.16. The molecule has 0 N–H and O–H groups in total. The van der Waals surface area contributed by atoms with Gasteiger partial charge in [-0.15, -0.1) is 13.2 Å². The normalized spacial score (nSPS) is 15.0. The van der Waals surface area contributed by atoms with Crippen LogP contribution in [-0.4, -0.2) is 68.7 Å². The van der Waals surface area contributed by atoms with E-state index >= 15 is 0 Å². The van der Waals surface area contributed by atoms with Crippen molar-refractivity contribution >= 4 is 34.8 Å². The highest BCUT2D eigenvalue weighted by molar-refractivity contribution is 6.32. The van der Waals surface area contributed by atoms with E-state index in [-0.39, 0.29) is 11.1 Å². The fraction of sp³-hybridized carbons (Fsp3) is 0.429. The molecule has 0 aliphatic carbocycles. The van der Waals surface area contributed by atoms with Crippen LogP contribution in [0.3, 0.4) is 0 Å². The molecule has 1 aromatic carbocycles. The molecule has 0 atom stereocenters. The van der Waals surface area contributed by atoms with Gasteiger partial charge >= 0.3 is 12.5 Å². The minimum atomic E-state index is -4.84. The largest absolute Gasteiger partial charge is 0.573 e. The lowest BCUT2D eigenvalue weighted by Crippen LogP contribution is -2.50. The second-order valence-corrected chi connectivity index (χ2v) is 9.02. The van der Waals surface area contributed by atoms with Crippen LogP contribution in [0.2, 0.25) is 5.02 Å². The summed E-state index contributed by atoms with van der Waals surface area (Å²) in [6, 6.07) is 3.90. The van der Waals surface area contributed by atoms with Crippen LogP contribution >= 0.6 is 11.6 Å². The van der Waals surface area contributed by atoms with Gasteiger partial charge in [-0.25, -0.2) is 14.8 Å². The molecular formula is C21H22ClF3N6O3. The van der Waals surface area contributed by atoms with Crippen molar-refractivity contribution in [2.45, 2.75) is 32.7 Å². The van der Waals surface area contributed by atoms with Crippen LogP contribution in [-0.2, 0) is 4.74 Å². The summed E-state index contributed by atoms with van der Waals surface area (Å²) in [7, 11) is 0. The number of hydrogen-bond donors (Lipinski definition) is 0. The van der Waals surface area contributed by atoms with E-state index in [1.54, 1.807) is 15.7 Å². The number of nitrogens with zero attached hydrogens (tertiary/aromatic N) is 6. The van der Waals surface area contributed by atoms with Crippen LogP contribution < -0.4 is 9.64 Å². The number of rotatable bonds is 3. The van der Waals surface area contributed by atoms with Crippen molar-refractivity contribution in [1.82, 2.24) is 24.4 Å². The summed E-state index contributed by atoms with van der Waals surface area (Å²) in [5.74, 6) is -0.0540. The van der Waals surface area contributed by atoms with Gasteiger partial charge in [-0.1, -0.05) is 11.6 Å². The average molecular weight is 499 g/mol. The summed E-state index contributed by atoms with van der Waals surface area (Å²) in [5, 5.41) is -0.204. The molecule has 1 aliphatic rings. The Balaban J connectivity index is 1.53. The molecule has 4 rings (SSSR count). The lowest BCUT2D eigenvalue weighted by atomic mass is 10.2. The number of imidazole rings is 1. The Morgan fingerprint density at radius 3 is 2.41 bits per heavy atom. The average Bonchev–Trinajstić information content (AvgIpc) is 3.16. The molecule has 1 aliphatic heterocycles. The van der Waals surface area contributed by atoms with Crippen LogP contribution in [0.4, 0.5) is 23.9 Å². The molecule has 2 aromatic heterocycles. The van der Waals surface area contributed by atoms with Crippen molar-refractivity contribution in [1.29, 1.82) is 0 Å². The van der Waals surface area contributed by atoms with E-state index in [0.29, 0.717) is 49.0 Å². The number of ether oxygens (including phenoxy) is 2. The van der Waals surface area contributed by atoms with Gasteiger partial charge in [-0.2, -0.15) is 4.98 Å². The van der Waals surface area contributed by atoms with E-state index in [2.05, 4.69) is 19.7 Å². The Labute approximate surface area is 198 Å². The zero-order valence-electron chi connectivity index (χ0n) is 18.6. The molecule has 13 heteroatoms. The van der Waals surface area contributed by atoms with Crippen LogP contribution in [0.5, 0.6) is 5.75 Å². The SMILES string of the molecule is CC(C)(C)OC(=O)N1CCN(c2ncc3ncn(-c4ccc(OC(F)(F)F)c(Cl)c4)c3n2)CC1. The molecule has 0 unspecified atom stereocenters. The molecule has 3 heterocycles. The number of carbonyl (C=O) groups excluding carboxylic acids is 1. The Kier molecular flexibility index (Phi) is 6.19. The number of hydrogen-bond acceptors (Lipinski definition) is 7. The van der Waals surface area contributed by atoms with Crippen LogP contribution in [0.1, 0.15) is 20.8 Å². The number of anilines is 1. The molecule has 0 saturated carbocycles. The quantitative estimate of drug-likeness (QED) is 0.528. The Bertz CT molecular complexity index is 1200. The molecule has 3 aromatic rings. The fourth-order valence-corrected chi connectivity index (χ4v) is 3.62. The highest BCUT2D eigenvalue weighted by atomic mass is 35.5. The van der Waals surface area contributed by atoms with Crippen LogP contribution in [0, 0.1) is 0 Å². The Morgan fingerprint density at radius 1 is 1.09 bits per heavy atom. The lowest BCUT2D eigenvalue weighted by Gasteiger charge is -2.35. The highest BCUT2D eigenvalue weighted by Crippen LogP contribution is 2.32. The Morgan fingerprint density at radius 2 is 1.79 bits per heavy atom. The molecule has 182 valence electrons. The molecule has 0 radical (unpaired) electrons. The minimum absolute atomic E-state index is 0.204. The molecule has 9 nitrogen and oxygen atoms in total. The Hall–Kier alpha value is -3.28. The maximum atomic E-state index is 12.5. The van der Waals surface area contributed by atoms with Crippen molar-refractivity contribution in [2.75, 3.05) is 31.1 Å². The van der Waals surface area contributed by atoms with Crippen LogP contribution in [0.15, 0.2) is 30.7 Å². The van der Waals surface area contributed by atoms with Crippen molar-refractivity contribution in [3.05, 3.63) is 35.7 Å². The maximum absolute atomic E-state index is 12.5. The van der Waals surface area contributed by atoms with E-state index in [0.717, 1.165) is 6.07 Å². The summed E-state index contributed by atoms with van der Waals surface area (Å²) in [6.45, 7) is 7.37. The first-order valence-corrected chi connectivity index (χ1v) is 10.8. The summed E-state index contributed by atoms with van der Waals surface area (Å²) in [5.41, 5.74) is 0.852. The van der Waals surface area contributed by atoms with Gasteiger partial charge in [0.1, 0.15) is 23.2 Å². The minimum Gasteiger partial charge on any atom is -0.444 e. The second kappa shape index (κ2) is 8.82. The van der Waals surface area contributed by atoms with E-state index in [1.807, 2.05) is 25.7 Å². The first-order chi connectivity index (χ1) is 15.9. The number of fused-ring (bicyclic) bond motifs is 1. The molecule has 1 amide bonds. The van der Waals surface area contributed by atoms with Gasteiger partial charge in [0.15, 0.2) is 5.65 Å². The van der Waals surface area contributed by atoms with Crippen molar-refractivity contribution in [2.24, 2.45) is 0 Å².